The van der Waals surface area contributed by atoms with Gasteiger partial charge in [0.25, 0.3) is 0 Å². The van der Waals surface area contributed by atoms with E-state index in [1.807, 2.05) is 19.2 Å². The topological polar surface area (TPSA) is 86.8 Å². The molecule has 0 aromatic carbocycles. The first-order chi connectivity index (χ1) is 10.4. The Morgan fingerprint density at radius 2 is 2.09 bits per heavy atom. The number of thiazole rings is 1. The highest BCUT2D eigenvalue weighted by molar-refractivity contribution is 14.0. The zero-order valence-corrected chi connectivity index (χ0v) is 16.9. The molecular formula is C14H25IN6OS. The number of nitrogens with two attached hydrogens (primary N) is 1. The molecule has 1 fully saturated rings. The molecule has 23 heavy (non-hydrogen) atoms. The predicted octanol–water partition coefficient (Wildman–Crippen LogP) is 0.718. The highest BCUT2D eigenvalue weighted by Gasteiger charge is 2.35. The fourth-order valence-corrected chi connectivity index (χ4v) is 3.02. The van der Waals surface area contributed by atoms with E-state index < -0.39 is 5.54 Å². The van der Waals surface area contributed by atoms with E-state index in [1.54, 1.807) is 24.6 Å². The second-order valence-electron chi connectivity index (χ2n) is 5.72. The Balaban J connectivity index is 0.00000264. The molecule has 0 aliphatic carbocycles. The van der Waals surface area contributed by atoms with E-state index in [0.717, 1.165) is 37.1 Å². The molecule has 3 N–H and O–H groups in total. The number of piperazine rings is 1. The van der Waals surface area contributed by atoms with Crippen molar-refractivity contribution in [2.75, 3.05) is 33.2 Å². The lowest BCUT2D eigenvalue weighted by Gasteiger charge is -2.43. The van der Waals surface area contributed by atoms with Crippen LogP contribution in [0.5, 0.6) is 0 Å². The number of aliphatic imine (C=N–C) groups is 1. The van der Waals surface area contributed by atoms with Crippen molar-refractivity contribution in [3.05, 3.63) is 16.6 Å². The lowest BCUT2D eigenvalue weighted by molar-refractivity contribution is -0.129. The molecule has 2 heterocycles. The van der Waals surface area contributed by atoms with Crippen LogP contribution in [-0.4, -0.2) is 65.4 Å². The van der Waals surface area contributed by atoms with Crippen molar-refractivity contribution in [3.8, 4) is 0 Å². The number of halogens is 1. The summed E-state index contributed by atoms with van der Waals surface area (Å²) in [5, 5.41) is 6.33. The third-order valence-corrected chi connectivity index (χ3v) is 4.85. The minimum Gasteiger partial charge on any atom is -0.368 e. The Hall–Kier alpha value is -0.940. The Morgan fingerprint density at radius 1 is 1.43 bits per heavy atom. The fraction of sp³-hybridized carbons (Fsp3) is 0.643. The number of nitrogens with one attached hydrogen (secondary N) is 1. The SMILES string of the molecule is CN=C(NCc1nccs1)N1CCN(C(C)(C)C(N)=O)CC1.I. The molecule has 0 radical (unpaired) electrons. The number of amides is 1. The summed E-state index contributed by atoms with van der Waals surface area (Å²) in [5.74, 6) is 0.582. The first-order valence-electron chi connectivity index (χ1n) is 7.34. The first-order valence-corrected chi connectivity index (χ1v) is 8.22. The standard InChI is InChI=1S/C14H24N6OS.HI/c1-14(2,12(15)21)20-7-5-19(6-8-20)13(16-3)18-10-11-17-4-9-22-11;/h4,9H,5-8,10H2,1-3H3,(H2,15,21)(H,16,18);1H. The van der Waals surface area contributed by atoms with E-state index in [2.05, 4.69) is 25.1 Å². The molecule has 1 aliphatic heterocycles. The van der Waals surface area contributed by atoms with E-state index in [0.29, 0.717) is 6.54 Å². The lowest BCUT2D eigenvalue weighted by Crippen LogP contribution is -2.61. The maximum Gasteiger partial charge on any atom is 0.237 e. The number of hydrogen-bond acceptors (Lipinski definition) is 5. The maximum absolute atomic E-state index is 11.6. The molecule has 0 atom stereocenters. The number of carbonyl (C=O) groups excluding carboxylic acids is 1. The van der Waals surface area contributed by atoms with Crippen LogP contribution < -0.4 is 11.1 Å². The van der Waals surface area contributed by atoms with Crippen molar-refractivity contribution >= 4 is 47.2 Å². The molecule has 1 aromatic rings. The first kappa shape index (κ1) is 20.1. The normalized spacial score (nSPS) is 16.8. The van der Waals surface area contributed by atoms with Gasteiger partial charge in [0, 0.05) is 44.8 Å². The quantitative estimate of drug-likeness (QED) is 0.400. The molecule has 7 nitrogen and oxygen atoms in total. The molecule has 1 aliphatic rings. The minimum atomic E-state index is -0.607. The zero-order chi connectivity index (χ0) is 16.2. The Kier molecular flexibility index (Phi) is 7.68. The Morgan fingerprint density at radius 3 is 2.57 bits per heavy atom. The van der Waals surface area contributed by atoms with E-state index in [9.17, 15) is 4.79 Å². The van der Waals surface area contributed by atoms with E-state index >= 15 is 0 Å². The molecule has 130 valence electrons. The molecule has 0 unspecified atom stereocenters. The van der Waals surface area contributed by atoms with Gasteiger partial charge in [-0.3, -0.25) is 14.7 Å². The molecule has 0 spiro atoms. The van der Waals surface area contributed by atoms with Gasteiger partial charge < -0.3 is 16.0 Å². The number of hydrogen-bond donors (Lipinski definition) is 2. The summed E-state index contributed by atoms with van der Waals surface area (Å²) in [6.07, 6.45) is 1.80. The van der Waals surface area contributed by atoms with Gasteiger partial charge in [0.1, 0.15) is 5.01 Å². The van der Waals surface area contributed by atoms with Crippen LogP contribution in [0.4, 0.5) is 0 Å². The van der Waals surface area contributed by atoms with Gasteiger partial charge in [-0.25, -0.2) is 4.98 Å². The Bertz CT molecular complexity index is 525. The van der Waals surface area contributed by atoms with Gasteiger partial charge in [-0.15, -0.1) is 35.3 Å². The van der Waals surface area contributed by atoms with Crippen molar-refractivity contribution in [2.45, 2.75) is 25.9 Å². The summed E-state index contributed by atoms with van der Waals surface area (Å²) in [6, 6.07) is 0. The second kappa shape index (κ2) is 8.78. The molecule has 0 saturated carbocycles. The summed E-state index contributed by atoms with van der Waals surface area (Å²) >= 11 is 1.62. The van der Waals surface area contributed by atoms with Crippen LogP contribution in [0, 0.1) is 0 Å². The summed E-state index contributed by atoms with van der Waals surface area (Å²) < 4.78 is 0. The van der Waals surface area contributed by atoms with Crippen LogP contribution in [-0.2, 0) is 11.3 Å². The Labute approximate surface area is 158 Å². The number of nitrogens with zero attached hydrogens (tertiary/aromatic N) is 4. The molecule has 1 saturated heterocycles. The predicted molar refractivity (Wildman–Crippen MR) is 104 cm³/mol. The second-order valence-corrected chi connectivity index (χ2v) is 6.70. The molecular weight excluding hydrogens is 427 g/mol. The zero-order valence-electron chi connectivity index (χ0n) is 13.8. The summed E-state index contributed by atoms with van der Waals surface area (Å²) in [5.41, 5.74) is 4.88. The molecule has 0 bridgehead atoms. The minimum absolute atomic E-state index is 0. The third kappa shape index (κ3) is 5.01. The largest absolute Gasteiger partial charge is 0.368 e. The van der Waals surface area contributed by atoms with Crippen LogP contribution in [0.2, 0.25) is 0 Å². The molecule has 1 amide bonds. The van der Waals surface area contributed by atoms with Gasteiger partial charge >= 0.3 is 0 Å². The average molecular weight is 452 g/mol. The smallest absolute Gasteiger partial charge is 0.237 e. The number of carbonyl (C=O) groups is 1. The van der Waals surface area contributed by atoms with E-state index in [1.165, 1.54) is 0 Å². The highest BCUT2D eigenvalue weighted by Crippen LogP contribution is 2.16. The van der Waals surface area contributed by atoms with Gasteiger partial charge in [0.2, 0.25) is 5.91 Å². The molecule has 9 heteroatoms. The fourth-order valence-electron chi connectivity index (χ4n) is 2.46. The summed E-state index contributed by atoms with van der Waals surface area (Å²) in [7, 11) is 1.78. The number of primary amides is 1. The van der Waals surface area contributed by atoms with Gasteiger partial charge in [-0.1, -0.05) is 0 Å². The number of rotatable bonds is 4. The van der Waals surface area contributed by atoms with Crippen LogP contribution >= 0.6 is 35.3 Å². The van der Waals surface area contributed by atoms with Crippen molar-refractivity contribution in [2.24, 2.45) is 10.7 Å². The highest BCUT2D eigenvalue weighted by atomic mass is 127. The van der Waals surface area contributed by atoms with Crippen molar-refractivity contribution in [1.82, 2.24) is 20.1 Å². The van der Waals surface area contributed by atoms with Crippen LogP contribution in [0.15, 0.2) is 16.6 Å². The van der Waals surface area contributed by atoms with Crippen molar-refractivity contribution in [3.63, 3.8) is 0 Å². The molecule has 1 aromatic heterocycles. The summed E-state index contributed by atoms with van der Waals surface area (Å²) in [6.45, 7) is 7.63. The summed E-state index contributed by atoms with van der Waals surface area (Å²) in [4.78, 5) is 24.5. The van der Waals surface area contributed by atoms with Crippen LogP contribution in [0.25, 0.3) is 0 Å². The third-order valence-electron chi connectivity index (χ3n) is 4.07. The maximum atomic E-state index is 11.6. The van der Waals surface area contributed by atoms with Gasteiger partial charge in [0.05, 0.1) is 12.1 Å². The average Bonchev–Trinajstić information content (AvgIpc) is 3.01. The van der Waals surface area contributed by atoms with Crippen molar-refractivity contribution in [1.29, 1.82) is 0 Å². The molecule has 2 rings (SSSR count). The number of aromatic nitrogens is 1. The lowest BCUT2D eigenvalue weighted by atomic mass is 10.0. The van der Waals surface area contributed by atoms with E-state index in [-0.39, 0.29) is 29.9 Å². The van der Waals surface area contributed by atoms with Gasteiger partial charge in [0.15, 0.2) is 5.96 Å². The van der Waals surface area contributed by atoms with Crippen LogP contribution in [0.1, 0.15) is 18.9 Å². The van der Waals surface area contributed by atoms with Crippen molar-refractivity contribution < 1.29 is 4.79 Å². The van der Waals surface area contributed by atoms with Crippen LogP contribution in [0.3, 0.4) is 0 Å². The monoisotopic (exact) mass is 452 g/mol. The van der Waals surface area contributed by atoms with E-state index in [4.69, 9.17) is 5.73 Å². The van der Waals surface area contributed by atoms with Gasteiger partial charge in [-0.05, 0) is 13.8 Å². The number of guanidine groups is 1. The van der Waals surface area contributed by atoms with Gasteiger partial charge in [-0.2, -0.15) is 0 Å².